The first kappa shape index (κ1) is 10.1. The molecule has 4 nitrogen and oxygen atoms in total. The normalized spacial score (nSPS) is 15.6. The van der Waals surface area contributed by atoms with Gasteiger partial charge in [-0.1, -0.05) is 6.08 Å². The Morgan fingerprint density at radius 2 is 1.71 bits per heavy atom. The zero-order valence-corrected chi connectivity index (χ0v) is 8.99. The average Bonchev–Trinajstić information content (AvgIpc) is 3.02. The number of carbonyl (C=O) groups is 2. The summed E-state index contributed by atoms with van der Waals surface area (Å²) in [5.74, 6) is -2.06. The van der Waals surface area contributed by atoms with Crippen LogP contribution >= 0.6 is 0 Å². The van der Waals surface area contributed by atoms with Gasteiger partial charge in [0, 0.05) is 0 Å². The minimum atomic E-state index is -1.04. The van der Waals surface area contributed by atoms with Gasteiger partial charge in [0.2, 0.25) is 0 Å². The number of fused-ring (bicyclic) bond motifs is 2. The van der Waals surface area contributed by atoms with Crippen LogP contribution in [0.1, 0.15) is 43.8 Å². The predicted octanol–water partition coefficient (Wildman–Crippen LogP) is 1.97. The Bertz CT molecular complexity index is 568. The zero-order chi connectivity index (χ0) is 12.2. The van der Waals surface area contributed by atoms with Crippen LogP contribution in [0, 0.1) is 0 Å². The third-order valence-corrected chi connectivity index (χ3v) is 3.37. The lowest BCUT2D eigenvalue weighted by Crippen LogP contribution is -2.08. The maximum Gasteiger partial charge on any atom is 0.336 e. The summed E-state index contributed by atoms with van der Waals surface area (Å²) in [6.07, 6.45) is 3.98. The molecule has 0 aromatic heterocycles. The summed E-state index contributed by atoms with van der Waals surface area (Å²) in [6, 6.07) is 1.63. The monoisotopic (exact) mass is 230 g/mol. The molecule has 4 heteroatoms. The predicted molar refractivity (Wildman–Crippen MR) is 60.4 cm³/mol. The first-order valence-corrected chi connectivity index (χ1v) is 5.44. The minimum Gasteiger partial charge on any atom is -0.478 e. The third kappa shape index (κ3) is 1.37. The molecule has 0 fully saturated rings. The van der Waals surface area contributed by atoms with Gasteiger partial charge in [-0.25, -0.2) is 9.59 Å². The van der Waals surface area contributed by atoms with Gasteiger partial charge in [-0.05, 0) is 47.6 Å². The highest BCUT2D eigenvalue weighted by Gasteiger charge is 2.31. The van der Waals surface area contributed by atoms with Crippen LogP contribution < -0.4 is 0 Å². The molecule has 1 aromatic rings. The van der Waals surface area contributed by atoms with Gasteiger partial charge in [0.05, 0.1) is 11.1 Å². The molecular weight excluding hydrogens is 220 g/mol. The molecule has 0 saturated heterocycles. The van der Waals surface area contributed by atoms with Crippen molar-refractivity contribution < 1.29 is 19.8 Å². The van der Waals surface area contributed by atoms with Crippen molar-refractivity contribution in [1.29, 1.82) is 0 Å². The summed E-state index contributed by atoms with van der Waals surface area (Å²) in [5.41, 5.74) is 3.53. The molecule has 0 heterocycles. The molecule has 86 valence electrons. The second-order valence-corrected chi connectivity index (χ2v) is 4.35. The number of allylic oxidation sites excluding steroid dienone is 2. The summed E-state index contributed by atoms with van der Waals surface area (Å²) in [7, 11) is 0. The Kier molecular flexibility index (Phi) is 1.90. The first-order chi connectivity index (χ1) is 8.09. The van der Waals surface area contributed by atoms with Gasteiger partial charge in [0.15, 0.2) is 0 Å². The number of carboxylic acid groups (broad SMARTS) is 2. The van der Waals surface area contributed by atoms with E-state index in [9.17, 15) is 14.7 Å². The maximum atomic E-state index is 11.2. The highest BCUT2D eigenvalue weighted by molar-refractivity contribution is 6.01. The van der Waals surface area contributed by atoms with Crippen molar-refractivity contribution in [3.05, 3.63) is 40.0 Å². The molecular formula is C13H10O4. The largest absolute Gasteiger partial charge is 0.478 e. The Hall–Kier alpha value is -2.10. The van der Waals surface area contributed by atoms with E-state index in [1.807, 2.05) is 6.08 Å². The Morgan fingerprint density at radius 1 is 1.06 bits per heavy atom. The van der Waals surface area contributed by atoms with Gasteiger partial charge in [0.1, 0.15) is 0 Å². The van der Waals surface area contributed by atoms with Crippen molar-refractivity contribution in [1.82, 2.24) is 0 Å². The lowest BCUT2D eigenvalue weighted by Gasteiger charge is -2.08. The van der Waals surface area contributed by atoms with E-state index < -0.39 is 11.9 Å². The second-order valence-electron chi connectivity index (χ2n) is 4.35. The molecule has 0 unspecified atom stereocenters. The van der Waals surface area contributed by atoms with E-state index in [4.69, 9.17) is 5.11 Å². The second kappa shape index (κ2) is 3.20. The summed E-state index contributed by atoms with van der Waals surface area (Å²) >= 11 is 0. The van der Waals surface area contributed by atoms with Gasteiger partial charge in [-0.3, -0.25) is 0 Å². The molecule has 2 aliphatic carbocycles. The lowest BCUT2D eigenvalue weighted by atomic mass is 9.96. The summed E-state index contributed by atoms with van der Waals surface area (Å²) in [4.78, 5) is 22.4. The van der Waals surface area contributed by atoms with E-state index in [-0.39, 0.29) is 11.1 Å². The van der Waals surface area contributed by atoms with Crippen molar-refractivity contribution in [2.24, 2.45) is 0 Å². The summed E-state index contributed by atoms with van der Waals surface area (Å²) < 4.78 is 0. The quantitative estimate of drug-likeness (QED) is 0.832. The third-order valence-electron chi connectivity index (χ3n) is 3.37. The van der Waals surface area contributed by atoms with Crippen molar-refractivity contribution >= 4 is 17.5 Å². The molecule has 2 N–H and O–H groups in total. The van der Waals surface area contributed by atoms with E-state index in [1.54, 1.807) is 6.07 Å². The Labute approximate surface area is 97.2 Å². The smallest absolute Gasteiger partial charge is 0.336 e. The summed E-state index contributed by atoms with van der Waals surface area (Å²) in [6.45, 7) is 0. The van der Waals surface area contributed by atoms with Crippen LogP contribution in [0.5, 0.6) is 0 Å². The molecule has 0 atom stereocenters. The maximum absolute atomic E-state index is 11.2. The lowest BCUT2D eigenvalue weighted by molar-refractivity contribution is 0.0695. The van der Waals surface area contributed by atoms with E-state index >= 15 is 0 Å². The van der Waals surface area contributed by atoms with E-state index in [2.05, 4.69) is 0 Å². The average molecular weight is 230 g/mol. The molecule has 0 amide bonds. The SMILES string of the molecule is O=C(O)c1cc(C2=CC2)c2c(C(=O)O)c1CC2. The van der Waals surface area contributed by atoms with E-state index in [0.29, 0.717) is 18.4 Å². The number of hydrogen-bond acceptors (Lipinski definition) is 2. The Balaban J connectivity index is 2.32. The van der Waals surface area contributed by atoms with Crippen molar-refractivity contribution in [2.45, 2.75) is 19.3 Å². The fourth-order valence-corrected chi connectivity index (χ4v) is 2.55. The minimum absolute atomic E-state index is 0.145. The number of rotatable bonds is 3. The van der Waals surface area contributed by atoms with Gasteiger partial charge in [-0.2, -0.15) is 0 Å². The molecule has 0 radical (unpaired) electrons. The number of aromatic carboxylic acids is 2. The van der Waals surface area contributed by atoms with E-state index in [0.717, 1.165) is 23.1 Å². The first-order valence-electron chi connectivity index (χ1n) is 5.44. The number of carboxylic acids is 2. The summed E-state index contributed by atoms with van der Waals surface area (Å²) in [5, 5.41) is 18.3. The molecule has 2 bridgehead atoms. The highest BCUT2D eigenvalue weighted by atomic mass is 16.4. The van der Waals surface area contributed by atoms with Crippen molar-refractivity contribution in [3.8, 4) is 0 Å². The standard InChI is InChI=1S/C13H10O4/c14-12(15)10-5-9(6-1-2-6)7-3-4-8(10)11(7)13(16)17/h1,5H,2-4H2,(H,14,15)(H,16,17). The van der Waals surface area contributed by atoms with Crippen LogP contribution in [0.25, 0.3) is 5.57 Å². The van der Waals surface area contributed by atoms with Gasteiger partial charge >= 0.3 is 11.9 Å². The zero-order valence-electron chi connectivity index (χ0n) is 8.99. The fourth-order valence-electron chi connectivity index (χ4n) is 2.55. The molecule has 0 aliphatic heterocycles. The van der Waals surface area contributed by atoms with Gasteiger partial charge in [-0.15, -0.1) is 0 Å². The van der Waals surface area contributed by atoms with Crippen LogP contribution in [0.2, 0.25) is 0 Å². The van der Waals surface area contributed by atoms with Crippen LogP contribution in [-0.2, 0) is 12.8 Å². The van der Waals surface area contributed by atoms with Crippen LogP contribution in [0.3, 0.4) is 0 Å². The van der Waals surface area contributed by atoms with Crippen LogP contribution in [0.4, 0.5) is 0 Å². The van der Waals surface area contributed by atoms with Gasteiger partial charge in [0.25, 0.3) is 0 Å². The molecule has 1 aromatic carbocycles. The van der Waals surface area contributed by atoms with Crippen LogP contribution in [-0.4, -0.2) is 22.2 Å². The number of hydrogen-bond donors (Lipinski definition) is 2. The van der Waals surface area contributed by atoms with Crippen molar-refractivity contribution in [3.63, 3.8) is 0 Å². The van der Waals surface area contributed by atoms with Crippen LogP contribution in [0.15, 0.2) is 12.1 Å². The molecule has 2 aliphatic rings. The molecule has 3 rings (SSSR count). The van der Waals surface area contributed by atoms with Gasteiger partial charge < -0.3 is 10.2 Å². The molecule has 0 saturated carbocycles. The molecule has 17 heavy (non-hydrogen) atoms. The van der Waals surface area contributed by atoms with E-state index in [1.165, 1.54) is 0 Å². The fraction of sp³-hybridized carbons (Fsp3) is 0.231. The van der Waals surface area contributed by atoms with Crippen molar-refractivity contribution in [2.75, 3.05) is 0 Å². The highest BCUT2D eigenvalue weighted by Crippen LogP contribution is 2.40. The Morgan fingerprint density at radius 3 is 2.24 bits per heavy atom. The molecule has 0 spiro atoms. The topological polar surface area (TPSA) is 74.6 Å². The number of benzene rings is 1.